The van der Waals surface area contributed by atoms with Gasteiger partial charge in [0.25, 0.3) is 0 Å². The van der Waals surface area contributed by atoms with Crippen molar-refractivity contribution >= 4 is 0 Å². The highest BCUT2D eigenvalue weighted by atomic mass is 16.6. The van der Waals surface area contributed by atoms with E-state index < -0.39 is 0 Å². The molecule has 2 aliphatic heterocycles. The van der Waals surface area contributed by atoms with Crippen LogP contribution in [0.4, 0.5) is 0 Å². The fraction of sp³-hybridized carbons (Fsp3) is 0.571. The smallest absolute Gasteiger partial charge is 0.161 e. The van der Waals surface area contributed by atoms with E-state index >= 15 is 0 Å². The number of benzene rings is 1. The van der Waals surface area contributed by atoms with Crippen molar-refractivity contribution in [1.82, 2.24) is 5.32 Å². The topological polar surface area (TPSA) is 39.7 Å². The SMILES string of the molecule is COCC1NC(C)Cc2cc3c(cc21)OCCO3. The summed E-state index contributed by atoms with van der Waals surface area (Å²) in [5, 5.41) is 3.56. The number of methoxy groups -OCH3 is 1. The number of fused-ring (bicyclic) bond motifs is 2. The molecule has 4 nitrogen and oxygen atoms in total. The van der Waals surface area contributed by atoms with Crippen molar-refractivity contribution in [3.8, 4) is 11.5 Å². The third-order valence-electron chi connectivity index (χ3n) is 3.52. The molecule has 1 aromatic rings. The fourth-order valence-electron chi connectivity index (χ4n) is 2.77. The second-order valence-corrected chi connectivity index (χ2v) is 4.97. The summed E-state index contributed by atoms with van der Waals surface area (Å²) < 4.78 is 16.6. The molecule has 2 aliphatic rings. The molecule has 1 N–H and O–H groups in total. The maximum Gasteiger partial charge on any atom is 0.161 e. The number of rotatable bonds is 2. The van der Waals surface area contributed by atoms with E-state index in [0.29, 0.717) is 25.9 Å². The van der Waals surface area contributed by atoms with Gasteiger partial charge in [-0.1, -0.05) is 0 Å². The Labute approximate surface area is 107 Å². The standard InChI is InChI=1S/C14H19NO3/c1-9-5-10-6-13-14(18-4-3-17-13)7-11(10)12(15-9)8-16-2/h6-7,9,12,15H,3-5,8H2,1-2H3. The molecule has 0 amide bonds. The Kier molecular flexibility index (Phi) is 3.14. The molecule has 0 bridgehead atoms. The van der Waals surface area contributed by atoms with E-state index in [1.54, 1.807) is 7.11 Å². The van der Waals surface area contributed by atoms with E-state index in [0.717, 1.165) is 17.9 Å². The number of nitrogens with one attached hydrogen (secondary N) is 1. The Balaban J connectivity index is 2.00. The van der Waals surface area contributed by atoms with E-state index in [1.165, 1.54) is 11.1 Å². The first-order chi connectivity index (χ1) is 8.78. The molecule has 2 unspecified atom stereocenters. The first-order valence-electron chi connectivity index (χ1n) is 6.45. The van der Waals surface area contributed by atoms with Gasteiger partial charge in [-0.05, 0) is 36.6 Å². The first-order valence-corrected chi connectivity index (χ1v) is 6.45. The Morgan fingerprint density at radius 2 is 2.00 bits per heavy atom. The lowest BCUT2D eigenvalue weighted by atomic mass is 9.90. The monoisotopic (exact) mass is 249 g/mol. The molecular formula is C14H19NO3. The van der Waals surface area contributed by atoms with Crippen molar-refractivity contribution in [3.63, 3.8) is 0 Å². The lowest BCUT2D eigenvalue weighted by molar-refractivity contribution is 0.154. The van der Waals surface area contributed by atoms with Crippen LogP contribution in [0.1, 0.15) is 24.1 Å². The van der Waals surface area contributed by atoms with Crippen molar-refractivity contribution in [2.24, 2.45) is 0 Å². The van der Waals surface area contributed by atoms with Crippen LogP contribution in [-0.2, 0) is 11.2 Å². The lowest BCUT2D eigenvalue weighted by Crippen LogP contribution is -2.39. The highest BCUT2D eigenvalue weighted by Gasteiger charge is 2.26. The van der Waals surface area contributed by atoms with Gasteiger partial charge in [-0.2, -0.15) is 0 Å². The number of hydrogen-bond acceptors (Lipinski definition) is 4. The first kappa shape index (κ1) is 11.8. The van der Waals surface area contributed by atoms with E-state index in [2.05, 4.69) is 24.4 Å². The Morgan fingerprint density at radius 3 is 2.72 bits per heavy atom. The van der Waals surface area contributed by atoms with Gasteiger partial charge < -0.3 is 19.5 Å². The van der Waals surface area contributed by atoms with Gasteiger partial charge in [0.15, 0.2) is 11.5 Å². The molecule has 0 aromatic heterocycles. The highest BCUT2D eigenvalue weighted by Crippen LogP contribution is 2.37. The molecule has 98 valence electrons. The van der Waals surface area contributed by atoms with Crippen LogP contribution in [0.5, 0.6) is 11.5 Å². The summed E-state index contributed by atoms with van der Waals surface area (Å²) in [7, 11) is 1.73. The van der Waals surface area contributed by atoms with Gasteiger partial charge in [0.1, 0.15) is 13.2 Å². The average Bonchev–Trinajstić information content (AvgIpc) is 2.37. The molecule has 0 radical (unpaired) electrons. The third kappa shape index (κ3) is 2.06. The zero-order chi connectivity index (χ0) is 12.5. The van der Waals surface area contributed by atoms with Crippen LogP contribution < -0.4 is 14.8 Å². The minimum atomic E-state index is 0.240. The summed E-state index contributed by atoms with van der Waals surface area (Å²) in [6, 6.07) is 4.93. The molecule has 18 heavy (non-hydrogen) atoms. The largest absolute Gasteiger partial charge is 0.486 e. The molecule has 2 heterocycles. The van der Waals surface area contributed by atoms with Crippen molar-refractivity contribution in [2.45, 2.75) is 25.4 Å². The quantitative estimate of drug-likeness (QED) is 0.865. The Bertz CT molecular complexity index is 447. The summed E-state index contributed by atoms with van der Waals surface area (Å²) in [4.78, 5) is 0. The molecule has 0 spiro atoms. The second kappa shape index (κ2) is 4.78. The van der Waals surface area contributed by atoms with Crippen LogP contribution in [-0.4, -0.2) is 33.0 Å². The van der Waals surface area contributed by atoms with Crippen LogP contribution in [0.2, 0.25) is 0 Å². The van der Waals surface area contributed by atoms with Gasteiger partial charge in [-0.15, -0.1) is 0 Å². The van der Waals surface area contributed by atoms with E-state index in [-0.39, 0.29) is 6.04 Å². The predicted molar refractivity (Wildman–Crippen MR) is 68.4 cm³/mol. The molecule has 1 aromatic carbocycles. The lowest BCUT2D eigenvalue weighted by Gasteiger charge is -2.32. The molecule has 0 fully saturated rings. The number of ether oxygens (including phenoxy) is 3. The average molecular weight is 249 g/mol. The van der Waals surface area contributed by atoms with Crippen molar-refractivity contribution in [3.05, 3.63) is 23.3 Å². The highest BCUT2D eigenvalue weighted by molar-refractivity contribution is 5.50. The summed E-state index contributed by atoms with van der Waals surface area (Å²) >= 11 is 0. The van der Waals surface area contributed by atoms with E-state index in [9.17, 15) is 0 Å². The van der Waals surface area contributed by atoms with Gasteiger partial charge in [0, 0.05) is 13.2 Å². The molecule has 0 saturated carbocycles. The van der Waals surface area contributed by atoms with Crippen molar-refractivity contribution in [2.75, 3.05) is 26.9 Å². The van der Waals surface area contributed by atoms with Crippen LogP contribution >= 0.6 is 0 Å². The molecule has 3 rings (SSSR count). The molecule has 0 saturated heterocycles. The van der Waals surface area contributed by atoms with Crippen molar-refractivity contribution < 1.29 is 14.2 Å². The van der Waals surface area contributed by atoms with Gasteiger partial charge in [0.05, 0.1) is 12.6 Å². The molecule has 2 atom stereocenters. The van der Waals surface area contributed by atoms with E-state index in [1.807, 2.05) is 0 Å². The van der Waals surface area contributed by atoms with Crippen LogP contribution in [0.25, 0.3) is 0 Å². The maximum atomic E-state index is 5.65. The molecule has 4 heteroatoms. The Morgan fingerprint density at radius 1 is 1.28 bits per heavy atom. The molecule has 0 aliphatic carbocycles. The van der Waals surface area contributed by atoms with Gasteiger partial charge >= 0.3 is 0 Å². The maximum absolute atomic E-state index is 5.65. The predicted octanol–water partition coefficient (Wildman–Crippen LogP) is 1.68. The van der Waals surface area contributed by atoms with Crippen molar-refractivity contribution in [1.29, 1.82) is 0 Å². The fourth-order valence-corrected chi connectivity index (χ4v) is 2.77. The zero-order valence-corrected chi connectivity index (χ0v) is 10.9. The zero-order valence-electron chi connectivity index (χ0n) is 10.9. The van der Waals surface area contributed by atoms with Crippen LogP contribution in [0, 0.1) is 0 Å². The second-order valence-electron chi connectivity index (χ2n) is 4.97. The molecular weight excluding hydrogens is 230 g/mol. The Hall–Kier alpha value is -1.26. The van der Waals surface area contributed by atoms with Gasteiger partial charge in [0.2, 0.25) is 0 Å². The normalized spacial score (nSPS) is 25.7. The minimum Gasteiger partial charge on any atom is -0.486 e. The number of hydrogen-bond donors (Lipinski definition) is 1. The van der Waals surface area contributed by atoms with E-state index in [4.69, 9.17) is 14.2 Å². The summed E-state index contributed by atoms with van der Waals surface area (Å²) in [5.74, 6) is 1.74. The van der Waals surface area contributed by atoms with Crippen LogP contribution in [0.3, 0.4) is 0 Å². The minimum absolute atomic E-state index is 0.240. The van der Waals surface area contributed by atoms with Gasteiger partial charge in [-0.25, -0.2) is 0 Å². The van der Waals surface area contributed by atoms with Gasteiger partial charge in [-0.3, -0.25) is 0 Å². The summed E-state index contributed by atoms with van der Waals surface area (Å²) in [6.07, 6.45) is 1.02. The summed E-state index contributed by atoms with van der Waals surface area (Å²) in [5.41, 5.74) is 2.62. The summed E-state index contributed by atoms with van der Waals surface area (Å²) in [6.45, 7) is 4.14. The van der Waals surface area contributed by atoms with Crippen LogP contribution in [0.15, 0.2) is 12.1 Å². The third-order valence-corrected chi connectivity index (χ3v) is 3.52.